The van der Waals surface area contributed by atoms with Crippen molar-refractivity contribution in [1.29, 1.82) is 0 Å². The van der Waals surface area contributed by atoms with Crippen molar-refractivity contribution >= 4 is 15.8 Å². The molecule has 0 aromatic carbocycles. The van der Waals surface area contributed by atoms with E-state index >= 15 is 0 Å². The van der Waals surface area contributed by atoms with Gasteiger partial charge in [0, 0.05) is 7.11 Å². The van der Waals surface area contributed by atoms with Gasteiger partial charge in [0.15, 0.2) is 8.91 Å². The van der Waals surface area contributed by atoms with Gasteiger partial charge in [0.05, 0.1) is 0 Å². The van der Waals surface area contributed by atoms with Gasteiger partial charge < -0.3 is 4.43 Å². The first-order valence-electron chi connectivity index (χ1n) is 1.98. The van der Waals surface area contributed by atoms with Crippen LogP contribution in [-0.2, 0) is 4.43 Å². The topological polar surface area (TPSA) is 9.23 Å². The van der Waals surface area contributed by atoms with E-state index in [4.69, 9.17) is 4.43 Å². The Balaban J connectivity index is 2.75. The molecule has 0 atom stereocenters. The summed E-state index contributed by atoms with van der Waals surface area (Å²) in [5.74, 6) is 0. The van der Waals surface area contributed by atoms with Crippen LogP contribution < -0.4 is 0 Å². The van der Waals surface area contributed by atoms with Crippen molar-refractivity contribution in [3.05, 3.63) is 0 Å². The molecule has 0 aromatic rings. The SMILES string of the molecule is C[B][Si](C)OC. The summed E-state index contributed by atoms with van der Waals surface area (Å²) in [6, 6.07) is 0. The van der Waals surface area contributed by atoms with Gasteiger partial charge in [-0.25, -0.2) is 0 Å². The van der Waals surface area contributed by atoms with E-state index in [0.717, 1.165) is 0 Å². The molecule has 0 fully saturated rings. The van der Waals surface area contributed by atoms with E-state index < -0.39 is 8.91 Å². The standard InChI is InChI=1S/C3H9BOSi/c1-4-6(3)5-2/h1-3H3. The second-order valence-electron chi connectivity index (χ2n) is 1.10. The molecule has 0 rings (SSSR count). The first-order valence-corrected chi connectivity index (χ1v) is 3.96. The molecule has 0 aliphatic rings. The zero-order valence-electron chi connectivity index (χ0n) is 4.49. The van der Waals surface area contributed by atoms with E-state index in [9.17, 15) is 0 Å². The fourth-order valence-electron chi connectivity index (χ4n) is 0.118. The zero-order chi connectivity index (χ0) is 4.99. The average molecular weight is 100 g/mol. The van der Waals surface area contributed by atoms with Crippen LogP contribution in [0.2, 0.25) is 13.4 Å². The van der Waals surface area contributed by atoms with Gasteiger partial charge >= 0.3 is 0 Å². The predicted molar refractivity (Wildman–Crippen MR) is 30.2 cm³/mol. The van der Waals surface area contributed by atoms with Gasteiger partial charge in [-0.15, -0.1) is 0 Å². The van der Waals surface area contributed by atoms with Crippen molar-refractivity contribution in [1.82, 2.24) is 0 Å². The molecule has 0 unspecified atom stereocenters. The Hall–Kier alpha value is 0.242. The maximum Gasteiger partial charge on any atom is 0.160 e. The minimum Gasteiger partial charge on any atom is -0.430 e. The third-order valence-corrected chi connectivity index (χ3v) is 2.19. The smallest absolute Gasteiger partial charge is 0.160 e. The summed E-state index contributed by atoms with van der Waals surface area (Å²) >= 11 is 0. The summed E-state index contributed by atoms with van der Waals surface area (Å²) in [4.78, 5) is 0. The Morgan fingerprint density at radius 2 is 2.17 bits per heavy atom. The molecule has 0 aromatic heterocycles. The summed E-state index contributed by atoms with van der Waals surface area (Å²) in [7, 11) is 1.25. The maximum absolute atomic E-state index is 4.95. The van der Waals surface area contributed by atoms with Crippen LogP contribution in [-0.4, -0.2) is 22.9 Å². The molecule has 3 heteroatoms. The molecule has 0 N–H and O–H groups in total. The van der Waals surface area contributed by atoms with Gasteiger partial charge in [0.2, 0.25) is 0 Å². The second kappa shape index (κ2) is 3.43. The molecule has 6 heavy (non-hydrogen) atoms. The molecule has 0 bridgehead atoms. The van der Waals surface area contributed by atoms with Crippen LogP contribution in [0, 0.1) is 0 Å². The van der Waals surface area contributed by atoms with Crippen molar-refractivity contribution in [2.45, 2.75) is 13.4 Å². The minimum absolute atomic E-state index is 0.493. The molecular formula is C3H9BOSi. The number of hydrogen-bond donors (Lipinski definition) is 0. The normalized spacial score (nSPS) is 9.33. The van der Waals surface area contributed by atoms with Gasteiger partial charge in [0.1, 0.15) is 6.87 Å². The Morgan fingerprint density at radius 1 is 1.67 bits per heavy atom. The lowest BCUT2D eigenvalue weighted by Crippen LogP contribution is -2.16. The lowest BCUT2D eigenvalue weighted by atomic mass is 10.2. The maximum atomic E-state index is 4.95. The quantitative estimate of drug-likeness (QED) is 0.459. The fourth-order valence-corrected chi connectivity index (χ4v) is 0.354. The summed E-state index contributed by atoms with van der Waals surface area (Å²) < 4.78 is 4.95. The monoisotopic (exact) mass is 100 g/mol. The van der Waals surface area contributed by atoms with Gasteiger partial charge in [-0.3, -0.25) is 0 Å². The summed E-state index contributed by atoms with van der Waals surface area (Å²) in [5, 5.41) is 0. The molecule has 0 amide bonds. The number of hydrogen-bond acceptors (Lipinski definition) is 1. The Labute approximate surface area is 41.6 Å². The van der Waals surface area contributed by atoms with Crippen LogP contribution in [0.25, 0.3) is 0 Å². The molecule has 0 saturated carbocycles. The summed E-state index contributed by atoms with van der Waals surface area (Å²) in [5.41, 5.74) is 0. The minimum atomic E-state index is -0.493. The van der Waals surface area contributed by atoms with Gasteiger partial charge in [-0.05, 0) is 0 Å². The van der Waals surface area contributed by atoms with Crippen molar-refractivity contribution in [3.63, 3.8) is 0 Å². The predicted octanol–water partition coefficient (Wildman–Crippen LogP) is 0.503. The Bertz CT molecular complexity index is 30.0. The summed E-state index contributed by atoms with van der Waals surface area (Å²) in [6.07, 6.45) is 0. The van der Waals surface area contributed by atoms with Gasteiger partial charge in [0.25, 0.3) is 0 Å². The fraction of sp³-hybridized carbons (Fsp3) is 1.00. The van der Waals surface area contributed by atoms with Crippen LogP contribution in [0.5, 0.6) is 0 Å². The molecule has 0 aliphatic carbocycles. The zero-order valence-corrected chi connectivity index (χ0v) is 5.49. The van der Waals surface area contributed by atoms with Gasteiger partial charge in [-0.1, -0.05) is 13.4 Å². The van der Waals surface area contributed by atoms with Crippen LogP contribution in [0.4, 0.5) is 0 Å². The lowest BCUT2D eigenvalue weighted by molar-refractivity contribution is 0.439. The van der Waals surface area contributed by atoms with Gasteiger partial charge in [-0.2, -0.15) is 0 Å². The van der Waals surface area contributed by atoms with Crippen LogP contribution in [0.15, 0.2) is 0 Å². The molecule has 0 spiro atoms. The van der Waals surface area contributed by atoms with Crippen molar-refractivity contribution in [2.75, 3.05) is 7.11 Å². The van der Waals surface area contributed by atoms with Crippen molar-refractivity contribution in [3.8, 4) is 0 Å². The lowest BCUT2D eigenvalue weighted by Gasteiger charge is -1.97. The highest BCUT2D eigenvalue weighted by atomic mass is 28.3. The molecule has 0 saturated heterocycles. The number of rotatable bonds is 2. The highest BCUT2D eigenvalue weighted by Gasteiger charge is 1.95. The Morgan fingerprint density at radius 3 is 2.17 bits per heavy atom. The van der Waals surface area contributed by atoms with E-state index in [-0.39, 0.29) is 0 Å². The van der Waals surface area contributed by atoms with E-state index in [2.05, 4.69) is 13.4 Å². The highest BCUT2D eigenvalue weighted by molar-refractivity contribution is 7.07. The molecule has 0 aliphatic heterocycles. The third-order valence-electron chi connectivity index (χ3n) is 0.729. The summed E-state index contributed by atoms with van der Waals surface area (Å²) in [6.45, 7) is 6.23. The molecule has 1 nitrogen and oxygen atoms in total. The second-order valence-corrected chi connectivity index (χ2v) is 3.31. The first-order chi connectivity index (χ1) is 2.81. The largest absolute Gasteiger partial charge is 0.430 e. The van der Waals surface area contributed by atoms with E-state index in [1.807, 2.05) is 6.82 Å². The molecular weight excluding hydrogens is 90.9 g/mol. The molecule has 34 valence electrons. The van der Waals surface area contributed by atoms with Crippen LogP contribution >= 0.6 is 0 Å². The van der Waals surface area contributed by atoms with E-state index in [1.165, 1.54) is 0 Å². The van der Waals surface area contributed by atoms with Crippen LogP contribution in [0.1, 0.15) is 0 Å². The Kier molecular flexibility index (Phi) is 3.57. The first kappa shape index (κ1) is 6.24. The van der Waals surface area contributed by atoms with Crippen molar-refractivity contribution in [2.24, 2.45) is 0 Å². The van der Waals surface area contributed by atoms with E-state index in [0.29, 0.717) is 0 Å². The van der Waals surface area contributed by atoms with Crippen LogP contribution in [0.3, 0.4) is 0 Å². The van der Waals surface area contributed by atoms with E-state index in [1.54, 1.807) is 7.11 Å². The van der Waals surface area contributed by atoms with Crippen molar-refractivity contribution < 1.29 is 4.43 Å². The average Bonchev–Trinajstić information content (AvgIpc) is 1.65. The third kappa shape index (κ3) is 2.48. The highest BCUT2D eigenvalue weighted by Crippen LogP contribution is 1.74. The molecule has 0 heterocycles. The molecule has 2 radical (unpaired) electrons.